The van der Waals surface area contributed by atoms with Gasteiger partial charge in [-0.1, -0.05) is 0 Å². The van der Waals surface area contributed by atoms with Crippen molar-refractivity contribution >= 4 is 58.6 Å². The van der Waals surface area contributed by atoms with Crippen LogP contribution in [0.2, 0.25) is 0 Å². The molecule has 46 heavy (non-hydrogen) atoms. The van der Waals surface area contributed by atoms with Gasteiger partial charge in [0.1, 0.15) is 0 Å². The zero-order valence-corrected chi connectivity index (χ0v) is 25.9. The number of carbonyl (C=O) groups excluding carboxylic acids is 9. The normalized spacial score (nSPS) is 14.1. The van der Waals surface area contributed by atoms with E-state index in [9.17, 15) is 47.9 Å². The molecule has 7 N–H and O–H groups in total. The van der Waals surface area contributed by atoms with E-state index in [1.54, 1.807) is 0 Å². The number of hydrogen-bond donors (Lipinski definition) is 6. The van der Waals surface area contributed by atoms with Crippen molar-refractivity contribution in [3.8, 4) is 0 Å². The smallest absolute Gasteiger partial charge is 0.303 e. The van der Waals surface area contributed by atoms with Gasteiger partial charge in [0.15, 0.2) is 0 Å². The minimum atomic E-state index is -1.02. The maximum Gasteiger partial charge on any atom is 0.303 e. The molecule has 1 aliphatic heterocycles. The van der Waals surface area contributed by atoms with Crippen LogP contribution >= 0.6 is 0 Å². The van der Waals surface area contributed by atoms with Crippen molar-refractivity contribution in [2.75, 3.05) is 39.3 Å². The summed E-state index contributed by atoms with van der Waals surface area (Å²) in [5, 5.41) is 17.9. The molecule has 1 fully saturated rings. The van der Waals surface area contributed by atoms with E-state index in [1.165, 1.54) is 0 Å². The van der Waals surface area contributed by atoms with Gasteiger partial charge in [-0.3, -0.25) is 52.8 Å². The number of carboxylic acid groups (broad SMARTS) is 1. The molecule has 0 unspecified atom stereocenters. The molecule has 0 bridgehead atoms. The fourth-order valence-electron chi connectivity index (χ4n) is 4.50. The van der Waals surface area contributed by atoms with E-state index in [1.807, 2.05) is 4.90 Å². The van der Waals surface area contributed by atoms with Crippen molar-refractivity contribution in [1.82, 2.24) is 26.2 Å². The van der Waals surface area contributed by atoms with E-state index >= 15 is 0 Å². The number of aliphatic carboxylic acids is 1. The zero-order chi connectivity index (χ0) is 34.5. The first-order chi connectivity index (χ1) is 21.8. The van der Waals surface area contributed by atoms with Crippen LogP contribution in [0.15, 0.2) is 0 Å². The summed E-state index contributed by atoms with van der Waals surface area (Å²) in [6, 6.07) is -0.343. The van der Waals surface area contributed by atoms with Crippen LogP contribution in [0.4, 0.5) is 0 Å². The van der Waals surface area contributed by atoms with Gasteiger partial charge < -0.3 is 32.1 Å². The highest BCUT2D eigenvalue weighted by molar-refractivity contribution is 6.37. The summed E-state index contributed by atoms with van der Waals surface area (Å²) in [5.41, 5.74) is 5.36. The van der Waals surface area contributed by atoms with Crippen molar-refractivity contribution in [3.05, 3.63) is 0 Å². The van der Waals surface area contributed by atoms with Crippen molar-refractivity contribution in [2.45, 2.75) is 83.1 Å². The predicted molar refractivity (Wildman–Crippen MR) is 160 cm³/mol. The lowest BCUT2D eigenvalue weighted by molar-refractivity contribution is -0.139. The van der Waals surface area contributed by atoms with Crippen LogP contribution < -0.4 is 27.0 Å². The third-order valence-corrected chi connectivity index (χ3v) is 7.01. The van der Waals surface area contributed by atoms with Gasteiger partial charge in [0.25, 0.3) is 23.6 Å². The Morgan fingerprint density at radius 2 is 0.913 bits per heavy atom. The largest absolute Gasteiger partial charge is 0.481 e. The van der Waals surface area contributed by atoms with Crippen LogP contribution in [0.5, 0.6) is 0 Å². The zero-order valence-electron chi connectivity index (χ0n) is 25.9. The molecule has 1 rings (SSSR count). The Hall–Kier alpha value is -4.54. The lowest BCUT2D eigenvalue weighted by Crippen LogP contribution is -2.41. The molecule has 17 heteroatoms. The molecule has 256 valence electrons. The third kappa shape index (κ3) is 16.5. The quantitative estimate of drug-likeness (QED) is 0.0448. The second kappa shape index (κ2) is 22.0. The Kier molecular flexibility index (Phi) is 18.9. The lowest BCUT2D eigenvalue weighted by Gasteiger charge is -2.21. The third-order valence-electron chi connectivity index (χ3n) is 7.01. The van der Waals surface area contributed by atoms with Gasteiger partial charge in [0.2, 0.25) is 29.0 Å². The number of carbonyl (C=O) groups is 10. The number of Topliss-reactive ketones (excluding diaryl/α,β-unsaturated/α-hetero) is 4. The second-order valence-electron chi connectivity index (χ2n) is 10.7. The molecule has 0 aliphatic carbocycles. The minimum absolute atomic E-state index is 0.000326. The Morgan fingerprint density at radius 1 is 0.565 bits per heavy atom. The van der Waals surface area contributed by atoms with Crippen LogP contribution in [0, 0.1) is 0 Å². The van der Waals surface area contributed by atoms with E-state index in [4.69, 9.17) is 10.8 Å². The second-order valence-corrected chi connectivity index (χ2v) is 10.7. The maximum atomic E-state index is 12.0. The van der Waals surface area contributed by atoms with Gasteiger partial charge >= 0.3 is 5.97 Å². The van der Waals surface area contributed by atoms with E-state index < -0.39 is 58.6 Å². The van der Waals surface area contributed by atoms with E-state index in [0.717, 1.165) is 6.42 Å². The van der Waals surface area contributed by atoms with E-state index in [-0.39, 0.29) is 90.0 Å². The lowest BCUT2D eigenvalue weighted by atomic mass is 10.1. The number of amides is 5. The highest BCUT2D eigenvalue weighted by atomic mass is 16.4. The van der Waals surface area contributed by atoms with Crippen LogP contribution in [0.1, 0.15) is 77.0 Å². The molecule has 1 aliphatic rings. The van der Waals surface area contributed by atoms with E-state index in [0.29, 0.717) is 25.9 Å². The highest BCUT2D eigenvalue weighted by Crippen LogP contribution is 2.17. The van der Waals surface area contributed by atoms with Crippen molar-refractivity contribution in [2.24, 2.45) is 5.73 Å². The maximum absolute atomic E-state index is 12.0. The summed E-state index contributed by atoms with van der Waals surface area (Å²) in [6.07, 6.45) is 1.72. The summed E-state index contributed by atoms with van der Waals surface area (Å²) in [4.78, 5) is 119. The number of rotatable bonds is 25. The van der Waals surface area contributed by atoms with Gasteiger partial charge in [0.05, 0.1) is 6.04 Å². The minimum Gasteiger partial charge on any atom is -0.481 e. The number of likely N-dealkylation sites (tertiary alicyclic amines) is 1. The molecule has 5 amide bonds. The average Bonchev–Trinajstić information content (AvgIpc) is 3.49. The van der Waals surface area contributed by atoms with Crippen molar-refractivity contribution in [1.29, 1.82) is 0 Å². The fraction of sp³-hybridized carbons (Fsp3) is 0.655. The fourth-order valence-corrected chi connectivity index (χ4v) is 4.50. The van der Waals surface area contributed by atoms with Crippen LogP contribution in [-0.2, 0) is 47.9 Å². The van der Waals surface area contributed by atoms with Gasteiger partial charge in [-0.05, 0) is 58.0 Å². The first kappa shape index (κ1) is 39.5. The Bertz CT molecular complexity index is 1160. The van der Waals surface area contributed by atoms with Crippen LogP contribution in [-0.4, -0.2) is 114 Å². The molecule has 17 nitrogen and oxygen atoms in total. The molecule has 0 radical (unpaired) electrons. The highest BCUT2D eigenvalue weighted by Gasteiger charge is 2.28. The number of ketones is 4. The van der Waals surface area contributed by atoms with Gasteiger partial charge in [0, 0.05) is 58.3 Å². The summed E-state index contributed by atoms with van der Waals surface area (Å²) >= 11 is 0. The Balaban J connectivity index is 2.10. The average molecular weight is 653 g/mol. The molecule has 1 atom stereocenters. The molecular formula is C29H44N6O11. The SMILES string of the molecule is NC(=O)[C@@H]1CCCN1CCCC(=O)C(=O)NCCCC(=O)C(=O)NCCCC(=O)C(=O)NCCCC(=O)C(=O)NCCCC(=O)O. The number of hydrogen-bond acceptors (Lipinski definition) is 11. The molecule has 1 saturated heterocycles. The molecule has 0 saturated carbocycles. The Labute approximate surface area is 266 Å². The number of nitrogens with zero attached hydrogens (tertiary/aromatic N) is 1. The number of nitrogens with one attached hydrogen (secondary N) is 4. The summed E-state index contributed by atoms with van der Waals surface area (Å²) < 4.78 is 0. The van der Waals surface area contributed by atoms with Gasteiger partial charge in [-0.25, -0.2) is 0 Å². The van der Waals surface area contributed by atoms with Crippen molar-refractivity contribution in [3.63, 3.8) is 0 Å². The van der Waals surface area contributed by atoms with Crippen LogP contribution in [0.3, 0.4) is 0 Å². The molecule has 0 spiro atoms. The first-order valence-corrected chi connectivity index (χ1v) is 15.3. The predicted octanol–water partition coefficient (Wildman–Crippen LogP) is -2.34. The molecular weight excluding hydrogens is 608 g/mol. The van der Waals surface area contributed by atoms with Gasteiger partial charge in [-0.2, -0.15) is 0 Å². The number of carboxylic acids is 1. The summed E-state index contributed by atoms with van der Waals surface area (Å²) in [7, 11) is 0. The van der Waals surface area contributed by atoms with Crippen molar-refractivity contribution < 1.29 is 53.1 Å². The van der Waals surface area contributed by atoms with Crippen LogP contribution in [0.25, 0.3) is 0 Å². The number of nitrogens with two attached hydrogens (primary N) is 1. The van der Waals surface area contributed by atoms with Gasteiger partial charge in [-0.15, -0.1) is 0 Å². The first-order valence-electron chi connectivity index (χ1n) is 15.3. The number of primary amides is 1. The molecule has 0 aromatic rings. The molecule has 0 aromatic carbocycles. The standard InChI is InChI=1S/C29H44N6O11/c30-25(42)19-7-5-17-35(19)18-6-11-23(39)29(46)33-15-3-9-21(37)27(44)31-13-1-8-20(36)26(43)32-14-2-10-22(38)28(45)34-16-4-12-24(40)41/h19H,1-18H2,(H2,30,42)(H,31,44)(H,32,43)(H,33,46)(H,34,45)(H,40,41)/t19-/m0/s1. The Morgan fingerprint density at radius 3 is 1.26 bits per heavy atom. The monoisotopic (exact) mass is 652 g/mol. The van der Waals surface area contributed by atoms with E-state index in [2.05, 4.69) is 21.3 Å². The molecule has 0 aromatic heterocycles. The summed E-state index contributed by atoms with van der Waals surface area (Å²) in [6.45, 7) is 1.18. The molecule has 1 heterocycles. The topological polar surface area (TPSA) is 268 Å². The summed E-state index contributed by atoms with van der Waals surface area (Å²) in [5.74, 6) is -7.70.